The number of piperidine rings is 1. The molecule has 0 atom stereocenters. The molecule has 0 unspecified atom stereocenters. The molecule has 1 saturated heterocycles. The van der Waals surface area contributed by atoms with Gasteiger partial charge in [0.1, 0.15) is 5.69 Å². The maximum Gasteiger partial charge on any atom is 0.272 e. The van der Waals surface area contributed by atoms with E-state index in [1.165, 1.54) is 0 Å². The number of aromatic nitrogens is 3. The molecule has 0 radical (unpaired) electrons. The molecular formula is C17H25Cl2N5O. The number of pyridine rings is 1. The molecule has 1 N–H and O–H groups in total. The van der Waals surface area contributed by atoms with Gasteiger partial charge in [-0.3, -0.25) is 4.79 Å². The van der Waals surface area contributed by atoms with Crippen molar-refractivity contribution >= 4 is 30.7 Å². The topological polar surface area (TPSA) is 63.1 Å². The van der Waals surface area contributed by atoms with Gasteiger partial charge in [0.05, 0.1) is 0 Å². The van der Waals surface area contributed by atoms with Crippen LogP contribution in [0.4, 0.5) is 0 Å². The third-order valence-corrected chi connectivity index (χ3v) is 4.28. The van der Waals surface area contributed by atoms with Crippen LogP contribution in [0.3, 0.4) is 0 Å². The quantitative estimate of drug-likeness (QED) is 0.858. The van der Waals surface area contributed by atoms with E-state index in [0.29, 0.717) is 17.4 Å². The van der Waals surface area contributed by atoms with Crippen molar-refractivity contribution in [2.45, 2.75) is 19.8 Å². The minimum absolute atomic E-state index is 0. The average molecular weight is 386 g/mol. The SMILES string of the molecule is CCNCC1CCN(C(=O)c2cccc(-n3cccn3)n2)CC1.Cl.Cl. The normalized spacial score (nSPS) is 14.5. The van der Waals surface area contributed by atoms with Crippen molar-refractivity contribution in [3.63, 3.8) is 0 Å². The van der Waals surface area contributed by atoms with Gasteiger partial charge < -0.3 is 10.2 Å². The summed E-state index contributed by atoms with van der Waals surface area (Å²) in [6.45, 7) is 5.79. The first-order valence-electron chi connectivity index (χ1n) is 8.25. The Morgan fingerprint density at radius 3 is 2.64 bits per heavy atom. The standard InChI is InChI=1S/C17H23N5O.2ClH/c1-2-18-13-14-7-11-21(12-8-14)17(23)15-5-3-6-16(20-15)22-10-4-9-19-22;;/h3-6,9-10,14,18H,2,7-8,11-13H2,1H3;2*1H. The van der Waals surface area contributed by atoms with E-state index >= 15 is 0 Å². The van der Waals surface area contributed by atoms with Crippen LogP contribution in [0.25, 0.3) is 5.82 Å². The molecule has 25 heavy (non-hydrogen) atoms. The number of nitrogens with one attached hydrogen (secondary N) is 1. The van der Waals surface area contributed by atoms with Gasteiger partial charge in [0.15, 0.2) is 5.82 Å². The Morgan fingerprint density at radius 1 is 1.24 bits per heavy atom. The Morgan fingerprint density at radius 2 is 2.00 bits per heavy atom. The number of carbonyl (C=O) groups excluding carboxylic acids is 1. The lowest BCUT2D eigenvalue weighted by Gasteiger charge is -2.32. The number of nitrogens with zero attached hydrogens (tertiary/aromatic N) is 4. The third-order valence-electron chi connectivity index (χ3n) is 4.28. The molecule has 0 saturated carbocycles. The van der Waals surface area contributed by atoms with Crippen molar-refractivity contribution in [2.75, 3.05) is 26.2 Å². The van der Waals surface area contributed by atoms with Gasteiger partial charge in [-0.05, 0) is 50.0 Å². The summed E-state index contributed by atoms with van der Waals surface area (Å²) in [5, 5.41) is 7.55. The van der Waals surface area contributed by atoms with E-state index in [1.54, 1.807) is 16.9 Å². The molecular weight excluding hydrogens is 361 g/mol. The second kappa shape index (κ2) is 10.4. The van der Waals surface area contributed by atoms with Crippen LogP contribution < -0.4 is 5.32 Å². The molecule has 2 aromatic heterocycles. The van der Waals surface area contributed by atoms with Crippen molar-refractivity contribution in [2.24, 2.45) is 5.92 Å². The maximum absolute atomic E-state index is 12.7. The monoisotopic (exact) mass is 385 g/mol. The number of hydrogen-bond donors (Lipinski definition) is 1. The summed E-state index contributed by atoms with van der Waals surface area (Å²) in [6.07, 6.45) is 5.63. The Labute approximate surface area is 160 Å². The number of amides is 1. The summed E-state index contributed by atoms with van der Waals surface area (Å²) in [5.41, 5.74) is 0.489. The summed E-state index contributed by atoms with van der Waals surface area (Å²) in [4.78, 5) is 19.0. The van der Waals surface area contributed by atoms with Gasteiger partial charge in [0.25, 0.3) is 5.91 Å². The summed E-state index contributed by atoms with van der Waals surface area (Å²) in [6, 6.07) is 7.33. The lowest BCUT2D eigenvalue weighted by molar-refractivity contribution is 0.0684. The number of halogens is 2. The number of hydrogen-bond acceptors (Lipinski definition) is 4. The summed E-state index contributed by atoms with van der Waals surface area (Å²) in [7, 11) is 0. The van der Waals surface area contributed by atoms with Crippen molar-refractivity contribution in [3.8, 4) is 5.82 Å². The smallest absolute Gasteiger partial charge is 0.272 e. The van der Waals surface area contributed by atoms with Crippen LogP contribution in [0.5, 0.6) is 0 Å². The maximum atomic E-state index is 12.7. The van der Waals surface area contributed by atoms with E-state index < -0.39 is 0 Å². The van der Waals surface area contributed by atoms with Gasteiger partial charge in [0, 0.05) is 25.5 Å². The molecule has 2 aromatic rings. The van der Waals surface area contributed by atoms with E-state index in [4.69, 9.17) is 0 Å². The van der Waals surface area contributed by atoms with Gasteiger partial charge in [-0.2, -0.15) is 5.10 Å². The van der Waals surface area contributed by atoms with Crippen LogP contribution in [0, 0.1) is 5.92 Å². The summed E-state index contributed by atoms with van der Waals surface area (Å²) < 4.78 is 1.67. The average Bonchev–Trinajstić information content (AvgIpc) is 3.14. The Bertz CT molecular complexity index is 642. The number of likely N-dealkylation sites (tertiary alicyclic amines) is 1. The van der Waals surface area contributed by atoms with Crippen LogP contribution in [-0.2, 0) is 0 Å². The highest BCUT2D eigenvalue weighted by atomic mass is 35.5. The highest BCUT2D eigenvalue weighted by molar-refractivity contribution is 5.92. The first-order valence-corrected chi connectivity index (χ1v) is 8.25. The van der Waals surface area contributed by atoms with Gasteiger partial charge in [-0.1, -0.05) is 13.0 Å². The molecule has 8 heteroatoms. The molecule has 0 aliphatic carbocycles. The van der Waals surface area contributed by atoms with Crippen molar-refractivity contribution in [1.82, 2.24) is 25.0 Å². The molecule has 6 nitrogen and oxygen atoms in total. The third kappa shape index (κ3) is 5.42. The molecule has 1 aliphatic rings. The van der Waals surface area contributed by atoms with E-state index in [-0.39, 0.29) is 30.7 Å². The van der Waals surface area contributed by atoms with Crippen molar-refractivity contribution in [3.05, 3.63) is 42.4 Å². The van der Waals surface area contributed by atoms with Crippen molar-refractivity contribution < 1.29 is 4.79 Å². The highest BCUT2D eigenvalue weighted by Crippen LogP contribution is 2.18. The Hall–Kier alpha value is -1.63. The van der Waals surface area contributed by atoms with Gasteiger partial charge >= 0.3 is 0 Å². The van der Waals surface area contributed by atoms with Gasteiger partial charge in [-0.15, -0.1) is 24.8 Å². The minimum Gasteiger partial charge on any atom is -0.337 e. The summed E-state index contributed by atoms with van der Waals surface area (Å²) >= 11 is 0. The van der Waals surface area contributed by atoms with Crippen molar-refractivity contribution in [1.29, 1.82) is 0 Å². The largest absolute Gasteiger partial charge is 0.337 e. The second-order valence-corrected chi connectivity index (χ2v) is 5.87. The fourth-order valence-electron chi connectivity index (χ4n) is 2.92. The summed E-state index contributed by atoms with van der Waals surface area (Å²) in [5.74, 6) is 1.35. The second-order valence-electron chi connectivity index (χ2n) is 5.87. The highest BCUT2D eigenvalue weighted by Gasteiger charge is 2.24. The molecule has 0 aromatic carbocycles. The van der Waals surface area contributed by atoms with E-state index in [0.717, 1.165) is 39.0 Å². The zero-order chi connectivity index (χ0) is 16.1. The minimum atomic E-state index is 0. The van der Waals surface area contributed by atoms with Crippen LogP contribution in [0.1, 0.15) is 30.3 Å². The van der Waals surface area contributed by atoms with Crippen LogP contribution in [-0.4, -0.2) is 51.8 Å². The molecule has 1 amide bonds. The molecule has 0 bridgehead atoms. The number of carbonyl (C=O) groups is 1. The van der Waals surface area contributed by atoms with E-state index in [2.05, 4.69) is 22.3 Å². The molecule has 3 rings (SSSR count). The first kappa shape index (κ1) is 21.4. The zero-order valence-electron chi connectivity index (χ0n) is 14.3. The lowest BCUT2D eigenvalue weighted by Crippen LogP contribution is -2.41. The molecule has 1 aliphatic heterocycles. The zero-order valence-corrected chi connectivity index (χ0v) is 15.9. The number of rotatable bonds is 5. The predicted molar refractivity (Wildman–Crippen MR) is 103 cm³/mol. The molecule has 138 valence electrons. The fourth-order valence-corrected chi connectivity index (χ4v) is 2.92. The molecule has 1 fully saturated rings. The van der Waals surface area contributed by atoms with E-state index in [9.17, 15) is 4.79 Å². The van der Waals surface area contributed by atoms with Crippen LogP contribution in [0.2, 0.25) is 0 Å². The Kier molecular flexibility index (Phi) is 8.89. The van der Waals surface area contributed by atoms with Crippen LogP contribution >= 0.6 is 24.8 Å². The predicted octanol–water partition coefficient (Wildman–Crippen LogP) is 2.57. The molecule has 0 spiro atoms. The van der Waals surface area contributed by atoms with Gasteiger partial charge in [0.2, 0.25) is 0 Å². The van der Waals surface area contributed by atoms with E-state index in [1.807, 2.05) is 29.3 Å². The first-order chi connectivity index (χ1) is 11.3. The lowest BCUT2D eigenvalue weighted by atomic mass is 9.96. The van der Waals surface area contributed by atoms with Crippen LogP contribution in [0.15, 0.2) is 36.7 Å². The van der Waals surface area contributed by atoms with Gasteiger partial charge in [-0.25, -0.2) is 9.67 Å². The molecule has 3 heterocycles. The fraction of sp³-hybridized carbons (Fsp3) is 0.471. The Balaban J connectivity index is 0.00000156.